The third-order valence-electron chi connectivity index (χ3n) is 4.77. The average molecular weight is 275 g/mol. The smallest absolute Gasteiger partial charge is 0.0920 e. The molecule has 0 aliphatic carbocycles. The maximum atomic E-state index is 10.8. The van der Waals surface area contributed by atoms with Crippen molar-refractivity contribution in [2.45, 2.75) is 31.3 Å². The molecule has 0 amide bonds. The molecule has 3 rings (SSSR count). The number of piperidine rings is 1. The Morgan fingerprint density at radius 3 is 2.60 bits per heavy atom. The Labute approximate surface area is 121 Å². The van der Waals surface area contributed by atoms with Crippen LogP contribution in [0, 0.1) is 5.92 Å². The van der Waals surface area contributed by atoms with E-state index >= 15 is 0 Å². The van der Waals surface area contributed by atoms with Crippen LogP contribution < -0.4 is 0 Å². The number of rotatable bonds is 3. The van der Waals surface area contributed by atoms with Crippen LogP contribution in [0.2, 0.25) is 0 Å². The van der Waals surface area contributed by atoms with Crippen LogP contribution in [-0.4, -0.2) is 42.9 Å². The van der Waals surface area contributed by atoms with Crippen LogP contribution in [-0.2, 0) is 10.3 Å². The van der Waals surface area contributed by atoms with E-state index in [1.807, 2.05) is 30.3 Å². The van der Waals surface area contributed by atoms with Gasteiger partial charge in [0.25, 0.3) is 0 Å². The third kappa shape index (κ3) is 3.22. The molecule has 2 heterocycles. The van der Waals surface area contributed by atoms with Gasteiger partial charge in [-0.05, 0) is 37.2 Å². The van der Waals surface area contributed by atoms with Crippen LogP contribution in [0.3, 0.4) is 0 Å². The number of nitrogens with zero attached hydrogens (tertiary/aromatic N) is 1. The fourth-order valence-corrected chi connectivity index (χ4v) is 3.46. The Morgan fingerprint density at radius 2 is 1.95 bits per heavy atom. The molecule has 1 N–H and O–H groups in total. The van der Waals surface area contributed by atoms with Gasteiger partial charge >= 0.3 is 0 Å². The molecule has 2 fully saturated rings. The molecule has 0 aromatic heterocycles. The van der Waals surface area contributed by atoms with Crippen LogP contribution in [0.25, 0.3) is 0 Å². The fraction of sp³-hybridized carbons (Fsp3) is 0.647. The Balaban J connectivity index is 1.53. The first-order valence-electron chi connectivity index (χ1n) is 7.84. The van der Waals surface area contributed by atoms with E-state index in [0.29, 0.717) is 5.92 Å². The number of hydrogen-bond acceptors (Lipinski definition) is 3. The van der Waals surface area contributed by atoms with E-state index in [2.05, 4.69) is 4.90 Å². The molecule has 2 saturated heterocycles. The van der Waals surface area contributed by atoms with E-state index in [1.54, 1.807) is 0 Å². The average Bonchev–Trinajstić information content (AvgIpc) is 2.52. The second-order valence-corrected chi connectivity index (χ2v) is 6.28. The molecule has 3 nitrogen and oxygen atoms in total. The van der Waals surface area contributed by atoms with Crippen LogP contribution >= 0.6 is 0 Å². The van der Waals surface area contributed by atoms with Gasteiger partial charge in [0.05, 0.1) is 12.2 Å². The molecule has 1 atom stereocenters. The van der Waals surface area contributed by atoms with Crippen molar-refractivity contribution in [2.75, 3.05) is 32.8 Å². The minimum Gasteiger partial charge on any atom is -0.385 e. The summed E-state index contributed by atoms with van der Waals surface area (Å²) >= 11 is 0. The first kappa shape index (κ1) is 14.1. The molecule has 0 saturated carbocycles. The van der Waals surface area contributed by atoms with Crippen LogP contribution in [0.15, 0.2) is 30.3 Å². The van der Waals surface area contributed by atoms with Crippen molar-refractivity contribution in [2.24, 2.45) is 5.92 Å². The Morgan fingerprint density at radius 1 is 1.20 bits per heavy atom. The highest BCUT2D eigenvalue weighted by Crippen LogP contribution is 2.33. The van der Waals surface area contributed by atoms with Gasteiger partial charge in [-0.3, -0.25) is 0 Å². The number of likely N-dealkylation sites (tertiary alicyclic amines) is 1. The van der Waals surface area contributed by atoms with Gasteiger partial charge in [-0.2, -0.15) is 0 Å². The largest absolute Gasteiger partial charge is 0.385 e. The predicted octanol–water partition coefficient (Wildman–Crippen LogP) is 2.40. The van der Waals surface area contributed by atoms with Crippen LogP contribution in [0.5, 0.6) is 0 Å². The van der Waals surface area contributed by atoms with Gasteiger partial charge in [-0.15, -0.1) is 0 Å². The molecule has 2 aliphatic rings. The number of hydrogen-bond donors (Lipinski definition) is 1. The van der Waals surface area contributed by atoms with Crippen molar-refractivity contribution in [1.29, 1.82) is 0 Å². The summed E-state index contributed by atoms with van der Waals surface area (Å²) in [5.41, 5.74) is 0.446. The SMILES string of the molecule is OC1(c2ccccc2)CCN(C[C@H]2CCCOC2)CC1. The first-order chi connectivity index (χ1) is 9.76. The lowest BCUT2D eigenvalue weighted by atomic mass is 9.84. The zero-order chi connectivity index (χ0) is 13.8. The highest BCUT2D eigenvalue weighted by atomic mass is 16.5. The van der Waals surface area contributed by atoms with E-state index in [1.165, 1.54) is 12.8 Å². The van der Waals surface area contributed by atoms with E-state index in [-0.39, 0.29) is 0 Å². The monoisotopic (exact) mass is 275 g/mol. The van der Waals surface area contributed by atoms with Crippen LogP contribution in [0.1, 0.15) is 31.2 Å². The lowest BCUT2D eigenvalue weighted by Gasteiger charge is -2.40. The predicted molar refractivity (Wildman–Crippen MR) is 79.6 cm³/mol. The van der Waals surface area contributed by atoms with Gasteiger partial charge in [0.1, 0.15) is 0 Å². The van der Waals surface area contributed by atoms with Crippen molar-refractivity contribution in [3.63, 3.8) is 0 Å². The van der Waals surface area contributed by atoms with E-state index < -0.39 is 5.60 Å². The first-order valence-corrected chi connectivity index (χ1v) is 7.84. The summed E-state index contributed by atoms with van der Waals surface area (Å²) in [4.78, 5) is 2.50. The van der Waals surface area contributed by atoms with Gasteiger partial charge in [0.15, 0.2) is 0 Å². The molecule has 2 aliphatic heterocycles. The summed E-state index contributed by atoms with van der Waals surface area (Å²) in [5, 5.41) is 10.8. The molecular weight excluding hydrogens is 250 g/mol. The maximum Gasteiger partial charge on any atom is 0.0920 e. The zero-order valence-corrected chi connectivity index (χ0v) is 12.1. The van der Waals surface area contributed by atoms with Crippen molar-refractivity contribution >= 4 is 0 Å². The summed E-state index contributed by atoms with van der Waals surface area (Å²) < 4.78 is 5.56. The third-order valence-corrected chi connectivity index (χ3v) is 4.77. The molecular formula is C17H25NO2. The van der Waals surface area contributed by atoms with E-state index in [9.17, 15) is 5.11 Å². The summed E-state index contributed by atoms with van der Waals surface area (Å²) in [6.07, 6.45) is 4.17. The Hall–Kier alpha value is -0.900. The lowest BCUT2D eigenvalue weighted by Crippen LogP contribution is -2.45. The lowest BCUT2D eigenvalue weighted by molar-refractivity contribution is -0.0361. The molecule has 110 valence electrons. The van der Waals surface area contributed by atoms with Gasteiger partial charge in [-0.25, -0.2) is 0 Å². The normalized spacial score (nSPS) is 27.4. The molecule has 0 unspecified atom stereocenters. The van der Waals surface area contributed by atoms with Crippen molar-refractivity contribution in [3.05, 3.63) is 35.9 Å². The highest BCUT2D eigenvalue weighted by Gasteiger charge is 2.34. The van der Waals surface area contributed by atoms with E-state index in [4.69, 9.17) is 4.74 Å². The van der Waals surface area contributed by atoms with Crippen molar-refractivity contribution in [1.82, 2.24) is 4.90 Å². The minimum atomic E-state index is -0.624. The second-order valence-electron chi connectivity index (χ2n) is 6.28. The number of aliphatic hydroxyl groups is 1. The molecule has 0 radical (unpaired) electrons. The number of benzene rings is 1. The summed E-state index contributed by atoms with van der Waals surface area (Å²) in [5.74, 6) is 0.687. The zero-order valence-electron chi connectivity index (χ0n) is 12.1. The maximum absolute atomic E-state index is 10.8. The Bertz CT molecular complexity index is 406. The van der Waals surface area contributed by atoms with Crippen molar-refractivity contribution < 1.29 is 9.84 Å². The molecule has 20 heavy (non-hydrogen) atoms. The van der Waals surface area contributed by atoms with Crippen LogP contribution in [0.4, 0.5) is 0 Å². The number of ether oxygens (including phenoxy) is 1. The quantitative estimate of drug-likeness (QED) is 0.919. The molecule has 0 spiro atoms. The van der Waals surface area contributed by atoms with Gasteiger partial charge in [0, 0.05) is 26.2 Å². The standard InChI is InChI=1S/C17H25NO2/c19-17(16-6-2-1-3-7-16)8-10-18(11-9-17)13-15-5-4-12-20-14-15/h1-3,6-7,15,19H,4-5,8-14H2/t15-/m1/s1. The highest BCUT2D eigenvalue weighted by molar-refractivity contribution is 5.22. The minimum absolute atomic E-state index is 0.624. The summed E-state index contributed by atoms with van der Waals surface area (Å²) in [7, 11) is 0. The molecule has 3 heteroatoms. The Kier molecular flexibility index (Phi) is 4.39. The van der Waals surface area contributed by atoms with Crippen molar-refractivity contribution in [3.8, 4) is 0 Å². The van der Waals surface area contributed by atoms with Gasteiger partial charge in [-0.1, -0.05) is 30.3 Å². The van der Waals surface area contributed by atoms with Gasteiger partial charge < -0.3 is 14.7 Å². The fourth-order valence-electron chi connectivity index (χ4n) is 3.46. The molecule has 1 aromatic carbocycles. The molecule has 1 aromatic rings. The summed E-state index contributed by atoms with van der Waals surface area (Å²) in [6, 6.07) is 10.1. The molecule has 0 bridgehead atoms. The topological polar surface area (TPSA) is 32.7 Å². The van der Waals surface area contributed by atoms with E-state index in [0.717, 1.165) is 51.3 Å². The van der Waals surface area contributed by atoms with Gasteiger partial charge in [0.2, 0.25) is 0 Å². The summed E-state index contributed by atoms with van der Waals surface area (Å²) in [6.45, 7) is 4.96. The second kappa shape index (κ2) is 6.25.